The van der Waals surface area contributed by atoms with Crippen molar-refractivity contribution in [1.29, 1.82) is 0 Å². The van der Waals surface area contributed by atoms with Crippen LogP contribution in [0, 0.1) is 5.92 Å². The first-order valence-electron chi connectivity index (χ1n) is 8.94. The molecule has 4 heterocycles. The van der Waals surface area contributed by atoms with E-state index in [1.165, 1.54) is 10.4 Å². The van der Waals surface area contributed by atoms with Crippen molar-refractivity contribution in [3.63, 3.8) is 0 Å². The first kappa shape index (κ1) is 17.3. The largest absolute Gasteiger partial charge is 0.442 e. The van der Waals surface area contributed by atoms with Crippen molar-refractivity contribution in [3.8, 4) is 11.5 Å². The van der Waals surface area contributed by atoms with Gasteiger partial charge in [-0.2, -0.15) is 9.40 Å². The van der Waals surface area contributed by atoms with Gasteiger partial charge in [-0.05, 0) is 43.9 Å². The number of piperidine rings is 1. The number of amides is 1. The Morgan fingerprint density at radius 3 is 2.50 bits per heavy atom. The number of aromatic amines is 1. The van der Waals surface area contributed by atoms with Gasteiger partial charge in [0.05, 0.1) is 0 Å². The summed E-state index contributed by atoms with van der Waals surface area (Å²) in [4.78, 5) is 14.4. The Kier molecular flexibility index (Phi) is 4.58. The Bertz CT molecular complexity index is 860. The molecule has 2 aliphatic heterocycles. The number of likely N-dealkylation sites (tertiary alicyclic amines) is 1. The maximum atomic E-state index is 12.8. The van der Waals surface area contributed by atoms with Crippen molar-refractivity contribution in [2.75, 3.05) is 26.2 Å². The van der Waals surface area contributed by atoms with Gasteiger partial charge >= 0.3 is 0 Å². The van der Waals surface area contributed by atoms with E-state index in [4.69, 9.17) is 4.42 Å². The van der Waals surface area contributed by atoms with Gasteiger partial charge in [0.2, 0.25) is 11.0 Å². The molecular formula is C17H22N4O4S. The Labute approximate surface area is 152 Å². The molecule has 2 aromatic heterocycles. The number of hydrogen-bond donors (Lipinski definition) is 1. The van der Waals surface area contributed by atoms with Crippen LogP contribution in [0.3, 0.4) is 0 Å². The van der Waals surface area contributed by atoms with Crippen molar-refractivity contribution >= 4 is 15.9 Å². The molecule has 4 rings (SSSR count). The number of nitrogens with one attached hydrogen (secondary N) is 1. The summed E-state index contributed by atoms with van der Waals surface area (Å²) >= 11 is 0. The van der Waals surface area contributed by atoms with Crippen molar-refractivity contribution in [2.45, 2.75) is 30.8 Å². The summed E-state index contributed by atoms with van der Waals surface area (Å²) in [6, 6.07) is 4.79. The summed E-state index contributed by atoms with van der Waals surface area (Å²) in [6.07, 6.45) is 4.83. The second-order valence-electron chi connectivity index (χ2n) is 6.80. The minimum absolute atomic E-state index is 0.0725. The van der Waals surface area contributed by atoms with Crippen LogP contribution in [0.1, 0.15) is 25.7 Å². The molecule has 0 aliphatic carbocycles. The van der Waals surface area contributed by atoms with Crippen LogP contribution in [0.5, 0.6) is 0 Å². The molecule has 8 nitrogen and oxygen atoms in total. The average Bonchev–Trinajstić information content (AvgIpc) is 3.43. The molecule has 0 unspecified atom stereocenters. The number of hydrogen-bond acceptors (Lipinski definition) is 5. The lowest BCUT2D eigenvalue weighted by molar-refractivity contribution is -0.135. The Morgan fingerprint density at radius 1 is 1.12 bits per heavy atom. The molecule has 9 heteroatoms. The standard InChI is InChI=1S/C17H22N4O4S/c22-17(20-9-1-2-10-20)13-6-11-21(12-7-13)26(23,24)16-4-3-15(25-16)14-5-8-18-19-14/h3-5,8,13H,1-2,6-7,9-12H2,(H,18,19). The monoisotopic (exact) mass is 378 g/mol. The third-order valence-corrected chi connectivity index (χ3v) is 6.94. The lowest BCUT2D eigenvalue weighted by Gasteiger charge is -2.31. The minimum Gasteiger partial charge on any atom is -0.442 e. The van der Waals surface area contributed by atoms with E-state index in [1.807, 2.05) is 4.90 Å². The molecule has 2 fully saturated rings. The normalized spacial score (nSPS) is 19.9. The quantitative estimate of drug-likeness (QED) is 0.873. The molecule has 2 saturated heterocycles. The van der Waals surface area contributed by atoms with Crippen molar-refractivity contribution < 1.29 is 17.6 Å². The highest BCUT2D eigenvalue weighted by Crippen LogP contribution is 2.29. The lowest BCUT2D eigenvalue weighted by atomic mass is 9.97. The molecule has 0 spiro atoms. The topological polar surface area (TPSA) is 99.5 Å². The van der Waals surface area contributed by atoms with Gasteiger partial charge in [-0.25, -0.2) is 8.42 Å². The maximum absolute atomic E-state index is 12.8. The van der Waals surface area contributed by atoms with Crippen molar-refractivity contribution in [1.82, 2.24) is 19.4 Å². The van der Waals surface area contributed by atoms with Crippen LogP contribution in [-0.4, -0.2) is 59.9 Å². The number of carbonyl (C=O) groups excluding carboxylic acids is 1. The molecule has 1 N–H and O–H groups in total. The zero-order chi connectivity index (χ0) is 18.1. The van der Waals surface area contributed by atoms with E-state index in [2.05, 4.69) is 10.2 Å². The molecule has 0 aromatic carbocycles. The Hall–Kier alpha value is -2.13. The molecule has 26 heavy (non-hydrogen) atoms. The fourth-order valence-electron chi connectivity index (χ4n) is 3.66. The third kappa shape index (κ3) is 3.16. The van der Waals surface area contributed by atoms with E-state index in [0.717, 1.165) is 25.9 Å². The molecule has 1 amide bonds. The van der Waals surface area contributed by atoms with Crippen LogP contribution in [0.15, 0.2) is 33.9 Å². The van der Waals surface area contributed by atoms with E-state index < -0.39 is 10.0 Å². The molecule has 2 aromatic rings. The minimum atomic E-state index is -3.69. The van der Waals surface area contributed by atoms with Crippen LogP contribution in [0.2, 0.25) is 0 Å². The first-order valence-corrected chi connectivity index (χ1v) is 10.4. The zero-order valence-electron chi connectivity index (χ0n) is 14.4. The van der Waals surface area contributed by atoms with Crippen molar-refractivity contribution in [3.05, 3.63) is 24.4 Å². The number of nitrogens with zero attached hydrogens (tertiary/aromatic N) is 3. The molecule has 0 saturated carbocycles. The number of aromatic nitrogens is 2. The third-order valence-electron chi connectivity index (χ3n) is 5.16. The predicted molar refractivity (Wildman–Crippen MR) is 93.6 cm³/mol. The van der Waals surface area contributed by atoms with Crippen LogP contribution in [0.4, 0.5) is 0 Å². The predicted octanol–water partition coefficient (Wildman–Crippen LogP) is 1.69. The fourth-order valence-corrected chi connectivity index (χ4v) is 5.04. The van der Waals surface area contributed by atoms with Gasteiger partial charge in [0.15, 0.2) is 5.76 Å². The SMILES string of the molecule is O=C(C1CCN(S(=O)(=O)c2ccc(-c3ccn[nH]3)o2)CC1)N1CCCC1. The second kappa shape index (κ2) is 6.88. The second-order valence-corrected chi connectivity index (χ2v) is 8.67. The lowest BCUT2D eigenvalue weighted by Crippen LogP contribution is -2.43. The van der Waals surface area contributed by atoms with E-state index in [9.17, 15) is 13.2 Å². The molecule has 0 atom stereocenters. The van der Waals surface area contributed by atoms with Gasteiger partial charge in [-0.3, -0.25) is 9.89 Å². The van der Waals surface area contributed by atoms with Gasteiger partial charge in [0.1, 0.15) is 5.69 Å². The van der Waals surface area contributed by atoms with Gasteiger partial charge in [-0.1, -0.05) is 0 Å². The van der Waals surface area contributed by atoms with E-state index in [1.54, 1.807) is 18.3 Å². The van der Waals surface area contributed by atoms with Gasteiger partial charge in [0, 0.05) is 38.3 Å². The van der Waals surface area contributed by atoms with E-state index in [0.29, 0.717) is 37.4 Å². The molecule has 2 aliphatic rings. The maximum Gasteiger partial charge on any atom is 0.276 e. The Morgan fingerprint density at radius 2 is 1.85 bits per heavy atom. The Balaban J connectivity index is 1.42. The molecule has 140 valence electrons. The van der Waals surface area contributed by atoms with E-state index >= 15 is 0 Å². The summed E-state index contributed by atoms with van der Waals surface area (Å²) in [7, 11) is -3.69. The highest BCUT2D eigenvalue weighted by molar-refractivity contribution is 7.89. The fraction of sp³-hybridized carbons (Fsp3) is 0.529. The average molecular weight is 378 g/mol. The summed E-state index contributed by atoms with van der Waals surface area (Å²) in [5.74, 6) is 0.538. The van der Waals surface area contributed by atoms with Crippen LogP contribution < -0.4 is 0 Å². The number of furan rings is 1. The van der Waals surface area contributed by atoms with Gasteiger partial charge in [-0.15, -0.1) is 0 Å². The van der Waals surface area contributed by atoms with Crippen LogP contribution in [0.25, 0.3) is 11.5 Å². The summed E-state index contributed by atoms with van der Waals surface area (Å²) in [5, 5.41) is 6.51. The van der Waals surface area contributed by atoms with Crippen molar-refractivity contribution in [2.24, 2.45) is 5.92 Å². The highest BCUT2D eigenvalue weighted by Gasteiger charge is 2.35. The zero-order valence-corrected chi connectivity index (χ0v) is 15.2. The van der Waals surface area contributed by atoms with Crippen LogP contribution >= 0.6 is 0 Å². The van der Waals surface area contributed by atoms with E-state index in [-0.39, 0.29) is 16.9 Å². The first-order chi connectivity index (χ1) is 12.6. The number of rotatable bonds is 4. The summed E-state index contributed by atoms with van der Waals surface area (Å²) in [6.45, 7) is 2.35. The molecular weight excluding hydrogens is 356 g/mol. The number of H-pyrrole nitrogens is 1. The number of carbonyl (C=O) groups is 1. The van der Waals surface area contributed by atoms with Gasteiger partial charge < -0.3 is 9.32 Å². The summed E-state index contributed by atoms with van der Waals surface area (Å²) < 4.78 is 32.6. The molecule has 0 radical (unpaired) electrons. The summed E-state index contributed by atoms with van der Waals surface area (Å²) in [5.41, 5.74) is 0.626. The highest BCUT2D eigenvalue weighted by atomic mass is 32.2. The smallest absolute Gasteiger partial charge is 0.276 e. The number of sulfonamides is 1. The van der Waals surface area contributed by atoms with Gasteiger partial charge in [0.25, 0.3) is 10.0 Å². The molecule has 0 bridgehead atoms. The van der Waals surface area contributed by atoms with Crippen LogP contribution in [-0.2, 0) is 14.8 Å².